The number of nitrogens with zero attached hydrogens (tertiary/aromatic N) is 1. The van der Waals surface area contributed by atoms with E-state index in [0.717, 1.165) is 30.4 Å². The molecule has 0 aliphatic carbocycles. The SMILES string of the molecule is CC(NC(=O)CCc1ccc(S(=O)(=O)N2CCCCC2)cc1)c1ccc(OC(F)F)cc1. The molecular weight excluding hydrogens is 438 g/mol. The van der Waals surface area contributed by atoms with Crippen molar-refractivity contribution in [1.82, 2.24) is 9.62 Å². The molecule has 6 nitrogen and oxygen atoms in total. The number of aryl methyl sites for hydroxylation is 1. The molecule has 0 aromatic heterocycles. The quantitative estimate of drug-likeness (QED) is 0.599. The molecule has 1 saturated heterocycles. The van der Waals surface area contributed by atoms with Gasteiger partial charge in [0, 0.05) is 19.5 Å². The maximum atomic E-state index is 12.7. The fourth-order valence-corrected chi connectivity index (χ4v) is 5.19. The van der Waals surface area contributed by atoms with Crippen LogP contribution in [0.5, 0.6) is 5.75 Å². The average molecular weight is 467 g/mol. The summed E-state index contributed by atoms with van der Waals surface area (Å²) in [6, 6.07) is 12.5. The van der Waals surface area contributed by atoms with Crippen LogP contribution in [0.25, 0.3) is 0 Å². The summed E-state index contributed by atoms with van der Waals surface area (Å²) in [4.78, 5) is 12.6. The molecule has 1 aliphatic heterocycles. The Kier molecular flexibility index (Phi) is 8.20. The van der Waals surface area contributed by atoms with Gasteiger partial charge in [0.05, 0.1) is 10.9 Å². The molecule has 174 valence electrons. The van der Waals surface area contributed by atoms with Gasteiger partial charge in [0.2, 0.25) is 15.9 Å². The number of sulfonamides is 1. The Morgan fingerprint density at radius 1 is 1.03 bits per heavy atom. The fraction of sp³-hybridized carbons (Fsp3) is 0.435. The summed E-state index contributed by atoms with van der Waals surface area (Å²) in [5.74, 6) is -0.0940. The van der Waals surface area contributed by atoms with Crippen molar-refractivity contribution >= 4 is 15.9 Å². The van der Waals surface area contributed by atoms with E-state index in [-0.39, 0.29) is 29.0 Å². The monoisotopic (exact) mass is 466 g/mol. The average Bonchev–Trinajstić information content (AvgIpc) is 2.78. The number of carbonyl (C=O) groups is 1. The molecule has 2 aromatic rings. The number of halogens is 2. The maximum absolute atomic E-state index is 12.7. The third-order valence-corrected chi connectivity index (χ3v) is 7.41. The van der Waals surface area contributed by atoms with E-state index in [1.807, 2.05) is 0 Å². The van der Waals surface area contributed by atoms with Gasteiger partial charge in [0.25, 0.3) is 0 Å². The Labute approximate surface area is 187 Å². The van der Waals surface area contributed by atoms with Crippen LogP contribution < -0.4 is 10.1 Å². The number of amides is 1. The van der Waals surface area contributed by atoms with Crippen molar-refractivity contribution in [3.05, 3.63) is 59.7 Å². The number of hydrogen-bond acceptors (Lipinski definition) is 4. The number of piperidine rings is 1. The van der Waals surface area contributed by atoms with Gasteiger partial charge in [-0.25, -0.2) is 8.42 Å². The lowest BCUT2D eigenvalue weighted by Gasteiger charge is -2.25. The van der Waals surface area contributed by atoms with E-state index in [0.29, 0.717) is 19.5 Å². The molecule has 0 radical (unpaired) electrons. The van der Waals surface area contributed by atoms with E-state index in [9.17, 15) is 22.0 Å². The molecule has 3 rings (SSSR count). The lowest BCUT2D eigenvalue weighted by molar-refractivity contribution is -0.121. The first kappa shape index (κ1) is 24.1. The Bertz CT molecular complexity index is 990. The van der Waals surface area contributed by atoms with Gasteiger partial charge in [-0.15, -0.1) is 0 Å². The van der Waals surface area contributed by atoms with E-state index >= 15 is 0 Å². The Morgan fingerprint density at radius 3 is 2.25 bits per heavy atom. The fourth-order valence-electron chi connectivity index (χ4n) is 3.68. The first-order chi connectivity index (χ1) is 15.3. The molecule has 1 amide bonds. The second-order valence-corrected chi connectivity index (χ2v) is 9.78. The predicted octanol–water partition coefficient (Wildman–Crippen LogP) is 4.27. The summed E-state index contributed by atoms with van der Waals surface area (Å²) in [5.41, 5.74) is 1.64. The highest BCUT2D eigenvalue weighted by Crippen LogP contribution is 2.22. The Hall–Kier alpha value is -2.52. The van der Waals surface area contributed by atoms with Gasteiger partial charge in [-0.1, -0.05) is 30.7 Å². The molecule has 32 heavy (non-hydrogen) atoms. The zero-order chi connectivity index (χ0) is 23.1. The molecule has 1 unspecified atom stereocenters. The smallest absolute Gasteiger partial charge is 0.387 e. The van der Waals surface area contributed by atoms with Crippen LogP contribution in [-0.2, 0) is 21.2 Å². The van der Waals surface area contributed by atoms with E-state index < -0.39 is 16.6 Å². The van der Waals surface area contributed by atoms with Crippen molar-refractivity contribution < 1.29 is 26.7 Å². The normalized spacial score (nSPS) is 16.0. The minimum absolute atomic E-state index is 0.0630. The van der Waals surface area contributed by atoms with Crippen molar-refractivity contribution in [1.29, 1.82) is 0 Å². The highest BCUT2D eigenvalue weighted by Gasteiger charge is 2.25. The minimum atomic E-state index is -3.46. The van der Waals surface area contributed by atoms with Crippen LogP contribution in [0.4, 0.5) is 8.78 Å². The topological polar surface area (TPSA) is 75.7 Å². The summed E-state index contributed by atoms with van der Waals surface area (Å²) in [5, 5.41) is 2.87. The summed E-state index contributed by atoms with van der Waals surface area (Å²) in [6.45, 7) is 0.0487. The lowest BCUT2D eigenvalue weighted by atomic mass is 10.1. The maximum Gasteiger partial charge on any atom is 0.387 e. The second-order valence-electron chi connectivity index (χ2n) is 7.85. The zero-order valence-electron chi connectivity index (χ0n) is 18.0. The number of alkyl halides is 2. The number of carbonyl (C=O) groups excluding carboxylic acids is 1. The number of benzene rings is 2. The molecule has 1 fully saturated rings. The molecule has 1 heterocycles. The first-order valence-electron chi connectivity index (χ1n) is 10.7. The van der Waals surface area contributed by atoms with Gasteiger partial charge in [0.1, 0.15) is 5.75 Å². The first-order valence-corrected chi connectivity index (χ1v) is 12.1. The predicted molar refractivity (Wildman–Crippen MR) is 117 cm³/mol. The number of ether oxygens (including phenoxy) is 1. The van der Waals surface area contributed by atoms with Crippen LogP contribution in [0.3, 0.4) is 0 Å². The molecule has 9 heteroatoms. The van der Waals surface area contributed by atoms with E-state index in [2.05, 4.69) is 10.1 Å². The number of nitrogens with one attached hydrogen (secondary N) is 1. The lowest BCUT2D eigenvalue weighted by Crippen LogP contribution is -2.35. The third kappa shape index (κ3) is 6.49. The largest absolute Gasteiger partial charge is 0.435 e. The third-order valence-electron chi connectivity index (χ3n) is 5.50. The summed E-state index contributed by atoms with van der Waals surface area (Å²) in [7, 11) is -3.46. The van der Waals surface area contributed by atoms with Gasteiger partial charge in [0.15, 0.2) is 0 Å². The summed E-state index contributed by atoms with van der Waals surface area (Å²) in [6.07, 6.45) is 3.56. The summed E-state index contributed by atoms with van der Waals surface area (Å²) >= 11 is 0. The van der Waals surface area contributed by atoms with Crippen LogP contribution >= 0.6 is 0 Å². The number of rotatable bonds is 9. The van der Waals surface area contributed by atoms with Crippen LogP contribution in [-0.4, -0.2) is 38.3 Å². The Morgan fingerprint density at radius 2 is 1.66 bits per heavy atom. The molecular formula is C23H28F2N2O4S. The number of hydrogen-bond donors (Lipinski definition) is 1. The van der Waals surface area contributed by atoms with E-state index in [1.165, 1.54) is 16.4 Å². The molecule has 2 aromatic carbocycles. The molecule has 1 aliphatic rings. The van der Waals surface area contributed by atoms with Crippen LogP contribution in [0.15, 0.2) is 53.4 Å². The highest BCUT2D eigenvalue weighted by atomic mass is 32.2. The van der Waals surface area contributed by atoms with Gasteiger partial charge < -0.3 is 10.1 Å². The Balaban J connectivity index is 1.50. The minimum Gasteiger partial charge on any atom is -0.435 e. The van der Waals surface area contributed by atoms with Crippen LogP contribution in [0.2, 0.25) is 0 Å². The van der Waals surface area contributed by atoms with Crippen molar-refractivity contribution in [2.45, 2.75) is 56.6 Å². The zero-order valence-corrected chi connectivity index (χ0v) is 18.8. The molecule has 1 atom stereocenters. The van der Waals surface area contributed by atoms with Crippen molar-refractivity contribution in [3.8, 4) is 5.75 Å². The highest BCUT2D eigenvalue weighted by molar-refractivity contribution is 7.89. The van der Waals surface area contributed by atoms with Crippen LogP contribution in [0, 0.1) is 0 Å². The molecule has 1 N–H and O–H groups in total. The van der Waals surface area contributed by atoms with Gasteiger partial charge in [-0.3, -0.25) is 4.79 Å². The van der Waals surface area contributed by atoms with Crippen molar-refractivity contribution in [2.75, 3.05) is 13.1 Å². The van der Waals surface area contributed by atoms with Crippen molar-refractivity contribution in [3.63, 3.8) is 0 Å². The van der Waals surface area contributed by atoms with Gasteiger partial charge in [-0.2, -0.15) is 13.1 Å². The second kappa shape index (κ2) is 10.9. The standard InChI is InChI=1S/C23H28F2N2O4S/c1-17(19-8-10-20(11-9-19)31-23(24)25)26-22(28)14-7-18-5-12-21(13-6-18)32(29,30)27-15-3-2-4-16-27/h5-6,8-13,17,23H,2-4,7,14-16H2,1H3,(H,26,28). The van der Waals surface area contributed by atoms with E-state index in [4.69, 9.17) is 0 Å². The summed E-state index contributed by atoms with van der Waals surface area (Å²) < 4.78 is 55.7. The van der Waals surface area contributed by atoms with Crippen LogP contribution in [0.1, 0.15) is 49.8 Å². The van der Waals surface area contributed by atoms with Crippen molar-refractivity contribution in [2.24, 2.45) is 0 Å². The molecule has 0 bridgehead atoms. The molecule has 0 saturated carbocycles. The molecule has 0 spiro atoms. The van der Waals surface area contributed by atoms with Gasteiger partial charge >= 0.3 is 6.61 Å². The van der Waals surface area contributed by atoms with E-state index in [1.54, 1.807) is 43.3 Å². The van der Waals surface area contributed by atoms with Gasteiger partial charge in [-0.05, 0) is 61.6 Å².